The predicted molar refractivity (Wildman–Crippen MR) is 125 cm³/mol. The molecule has 0 fully saturated rings. The van der Waals surface area contributed by atoms with E-state index in [1.54, 1.807) is 17.5 Å². The van der Waals surface area contributed by atoms with Crippen molar-refractivity contribution in [3.05, 3.63) is 89.4 Å². The Morgan fingerprint density at radius 3 is 2.19 bits per heavy atom. The number of benzene rings is 3. The van der Waals surface area contributed by atoms with Gasteiger partial charge >= 0.3 is 0 Å². The highest BCUT2D eigenvalue weighted by atomic mass is 32.2. The van der Waals surface area contributed by atoms with Gasteiger partial charge in [0.05, 0.1) is 9.79 Å². The SMILES string of the molecule is O=S(=O)(Nc1ccc(S(=O)(=O)Nc2nccs2)cc1)c1ccc2c(c1)Cc1ccccc1-2. The van der Waals surface area contributed by atoms with Crippen molar-refractivity contribution in [2.75, 3.05) is 9.44 Å². The number of thiazole rings is 1. The second-order valence-electron chi connectivity index (χ2n) is 7.23. The smallest absolute Gasteiger partial charge is 0.263 e. The summed E-state index contributed by atoms with van der Waals surface area (Å²) in [5.74, 6) is 0. The summed E-state index contributed by atoms with van der Waals surface area (Å²) < 4.78 is 55.6. The highest BCUT2D eigenvalue weighted by molar-refractivity contribution is 7.93. The van der Waals surface area contributed by atoms with Crippen LogP contribution < -0.4 is 9.44 Å². The van der Waals surface area contributed by atoms with Gasteiger partial charge in [0.15, 0.2) is 5.13 Å². The zero-order chi connectivity index (χ0) is 22.3. The summed E-state index contributed by atoms with van der Waals surface area (Å²) in [6.45, 7) is 0. The minimum absolute atomic E-state index is 0.00550. The van der Waals surface area contributed by atoms with Crippen LogP contribution in [0.2, 0.25) is 0 Å². The molecule has 0 aliphatic heterocycles. The molecule has 1 heterocycles. The maximum absolute atomic E-state index is 12.9. The third-order valence-electron chi connectivity index (χ3n) is 5.15. The van der Waals surface area contributed by atoms with Crippen LogP contribution in [0.4, 0.5) is 10.8 Å². The molecule has 0 bridgehead atoms. The number of rotatable bonds is 6. The lowest BCUT2D eigenvalue weighted by Crippen LogP contribution is -2.14. The van der Waals surface area contributed by atoms with E-state index < -0.39 is 20.0 Å². The third kappa shape index (κ3) is 3.88. The van der Waals surface area contributed by atoms with E-state index in [4.69, 9.17) is 0 Å². The summed E-state index contributed by atoms with van der Waals surface area (Å²) in [5, 5.41) is 1.92. The van der Waals surface area contributed by atoms with Crippen molar-refractivity contribution in [2.24, 2.45) is 0 Å². The summed E-state index contributed by atoms with van der Waals surface area (Å²) in [5.41, 5.74) is 4.57. The first-order chi connectivity index (χ1) is 15.3. The molecule has 3 aromatic carbocycles. The molecule has 7 nitrogen and oxygen atoms in total. The molecule has 0 atom stereocenters. The topological polar surface area (TPSA) is 105 Å². The highest BCUT2D eigenvalue weighted by Gasteiger charge is 2.22. The molecule has 1 aliphatic rings. The van der Waals surface area contributed by atoms with Gasteiger partial charge in [0.1, 0.15) is 0 Å². The summed E-state index contributed by atoms with van der Waals surface area (Å²) in [6, 6.07) is 18.6. The molecule has 10 heteroatoms. The van der Waals surface area contributed by atoms with Gasteiger partial charge in [0.2, 0.25) is 0 Å². The molecule has 32 heavy (non-hydrogen) atoms. The first-order valence-electron chi connectivity index (χ1n) is 9.58. The Labute approximate surface area is 189 Å². The molecule has 1 aromatic heterocycles. The lowest BCUT2D eigenvalue weighted by molar-refractivity contribution is 0.600. The lowest BCUT2D eigenvalue weighted by atomic mass is 10.1. The average Bonchev–Trinajstić information content (AvgIpc) is 3.40. The minimum Gasteiger partial charge on any atom is -0.280 e. The van der Waals surface area contributed by atoms with Crippen LogP contribution in [0.25, 0.3) is 11.1 Å². The Bertz CT molecular complexity index is 1510. The van der Waals surface area contributed by atoms with Crippen molar-refractivity contribution >= 4 is 42.2 Å². The van der Waals surface area contributed by atoms with Crippen LogP contribution in [-0.2, 0) is 26.5 Å². The Morgan fingerprint density at radius 2 is 1.44 bits per heavy atom. The summed E-state index contributed by atoms with van der Waals surface area (Å²) >= 11 is 1.16. The van der Waals surface area contributed by atoms with E-state index in [1.807, 2.05) is 30.3 Å². The standard InChI is InChI=1S/C22H17N3O4S3/c26-31(27,25-22-23-11-12-30-22)18-7-5-17(6-8-18)24-32(28,29)19-9-10-21-16(14-19)13-15-3-1-2-4-20(15)21/h1-12,14,24H,13H2,(H,23,25). The van der Waals surface area contributed by atoms with Crippen molar-refractivity contribution in [3.63, 3.8) is 0 Å². The molecule has 1 aliphatic carbocycles. The fourth-order valence-corrected chi connectivity index (χ4v) is 6.55. The molecule has 0 saturated carbocycles. The normalized spacial score (nSPS) is 12.8. The van der Waals surface area contributed by atoms with Crippen LogP contribution in [0.3, 0.4) is 0 Å². The van der Waals surface area contributed by atoms with Gasteiger partial charge in [-0.15, -0.1) is 11.3 Å². The monoisotopic (exact) mass is 483 g/mol. The van der Waals surface area contributed by atoms with E-state index in [2.05, 4.69) is 14.4 Å². The number of hydrogen-bond acceptors (Lipinski definition) is 6. The van der Waals surface area contributed by atoms with Crippen LogP contribution in [0.5, 0.6) is 0 Å². The van der Waals surface area contributed by atoms with E-state index in [9.17, 15) is 16.8 Å². The van der Waals surface area contributed by atoms with Crippen molar-refractivity contribution in [1.82, 2.24) is 4.98 Å². The maximum atomic E-state index is 12.9. The van der Waals surface area contributed by atoms with Crippen molar-refractivity contribution in [2.45, 2.75) is 16.2 Å². The zero-order valence-electron chi connectivity index (χ0n) is 16.5. The van der Waals surface area contributed by atoms with Crippen LogP contribution in [-0.4, -0.2) is 21.8 Å². The fourth-order valence-electron chi connectivity index (χ4n) is 3.65. The number of hydrogen-bond donors (Lipinski definition) is 2. The van der Waals surface area contributed by atoms with Crippen molar-refractivity contribution in [3.8, 4) is 11.1 Å². The second kappa shape index (κ2) is 7.73. The minimum atomic E-state index is -3.83. The van der Waals surface area contributed by atoms with Gasteiger partial charge in [0.25, 0.3) is 20.0 Å². The van der Waals surface area contributed by atoms with Gasteiger partial charge in [-0.2, -0.15) is 0 Å². The van der Waals surface area contributed by atoms with E-state index in [1.165, 1.54) is 36.0 Å². The van der Waals surface area contributed by atoms with Gasteiger partial charge < -0.3 is 0 Å². The zero-order valence-corrected chi connectivity index (χ0v) is 19.0. The van der Waals surface area contributed by atoms with E-state index in [0.29, 0.717) is 6.42 Å². The summed E-state index contributed by atoms with van der Waals surface area (Å²) in [4.78, 5) is 4.07. The van der Waals surface area contributed by atoms with Gasteiger partial charge in [0, 0.05) is 17.3 Å². The molecule has 0 amide bonds. The van der Waals surface area contributed by atoms with Gasteiger partial charge in [-0.1, -0.05) is 30.3 Å². The molecule has 0 spiro atoms. The predicted octanol–water partition coefficient (Wildman–Crippen LogP) is 4.32. The number of nitrogens with one attached hydrogen (secondary N) is 2. The number of anilines is 2. The number of aromatic nitrogens is 1. The van der Waals surface area contributed by atoms with Crippen LogP contribution in [0.15, 0.2) is 88.1 Å². The number of nitrogens with zero attached hydrogens (tertiary/aromatic N) is 1. The Morgan fingerprint density at radius 1 is 0.750 bits per heavy atom. The van der Waals surface area contributed by atoms with Crippen LogP contribution >= 0.6 is 11.3 Å². The Hall–Kier alpha value is -3.21. The van der Waals surface area contributed by atoms with Crippen LogP contribution in [0.1, 0.15) is 11.1 Å². The largest absolute Gasteiger partial charge is 0.280 e. The van der Waals surface area contributed by atoms with Crippen molar-refractivity contribution < 1.29 is 16.8 Å². The van der Waals surface area contributed by atoms with Gasteiger partial charge in [-0.3, -0.25) is 9.44 Å². The van der Waals surface area contributed by atoms with E-state index in [0.717, 1.165) is 28.0 Å². The third-order valence-corrected chi connectivity index (χ3v) is 8.70. The maximum Gasteiger partial charge on any atom is 0.263 e. The molecule has 162 valence electrons. The molecule has 0 unspecified atom stereocenters. The molecule has 4 aromatic rings. The number of fused-ring (bicyclic) bond motifs is 3. The van der Waals surface area contributed by atoms with Crippen LogP contribution in [0, 0.1) is 0 Å². The summed E-state index contributed by atoms with van der Waals surface area (Å²) in [7, 11) is -7.64. The first-order valence-corrected chi connectivity index (χ1v) is 13.4. The van der Waals surface area contributed by atoms with Crippen molar-refractivity contribution in [1.29, 1.82) is 0 Å². The molecular weight excluding hydrogens is 466 g/mol. The molecule has 0 radical (unpaired) electrons. The Kier molecular flexibility index (Phi) is 5.00. The second-order valence-corrected chi connectivity index (χ2v) is 11.5. The molecule has 5 rings (SSSR count). The highest BCUT2D eigenvalue weighted by Crippen LogP contribution is 2.37. The number of sulfonamides is 2. The molecular formula is C22H17N3O4S3. The van der Waals surface area contributed by atoms with E-state index >= 15 is 0 Å². The van der Waals surface area contributed by atoms with Gasteiger partial charge in [-0.25, -0.2) is 21.8 Å². The Balaban J connectivity index is 1.36. The lowest BCUT2D eigenvalue weighted by Gasteiger charge is -2.11. The molecule has 0 saturated heterocycles. The quantitative estimate of drug-likeness (QED) is 0.374. The fraction of sp³-hybridized carbons (Fsp3) is 0.0455. The van der Waals surface area contributed by atoms with E-state index in [-0.39, 0.29) is 20.6 Å². The van der Waals surface area contributed by atoms with Gasteiger partial charge in [-0.05, 0) is 65.1 Å². The summed E-state index contributed by atoms with van der Waals surface area (Å²) in [6.07, 6.45) is 2.19. The first kappa shape index (κ1) is 20.7. The molecule has 2 N–H and O–H groups in total. The average molecular weight is 484 g/mol.